The predicted octanol–water partition coefficient (Wildman–Crippen LogP) is 7.79. The second-order valence-corrected chi connectivity index (χ2v) is 9.38. The van der Waals surface area contributed by atoms with E-state index in [2.05, 4.69) is 45.9 Å². The zero-order valence-corrected chi connectivity index (χ0v) is 17.8. The van der Waals surface area contributed by atoms with Crippen LogP contribution >= 0.6 is 0 Å². The first-order valence-corrected chi connectivity index (χ1v) is 10.5. The number of ether oxygens (including phenoxy) is 1. The standard InChI is InChI=1S/C25H31F3O/c1-17(2)13-18-10-11-21(22(14-18)23-9-6-12-24(23,3)4)19-7-5-8-20(15-19)29-16-25(26,27)28/h5,7-8,10-11,14-15,17,23H,6,9,12-13,16H2,1-4H3/t23-/m1/s1. The van der Waals surface area contributed by atoms with E-state index in [9.17, 15) is 13.2 Å². The number of alkyl halides is 3. The first-order valence-electron chi connectivity index (χ1n) is 10.5. The van der Waals surface area contributed by atoms with Gasteiger partial charge in [-0.25, -0.2) is 0 Å². The summed E-state index contributed by atoms with van der Waals surface area (Å²) < 4.78 is 42.6. The smallest absolute Gasteiger partial charge is 0.422 e. The predicted molar refractivity (Wildman–Crippen MR) is 112 cm³/mol. The van der Waals surface area contributed by atoms with E-state index in [4.69, 9.17) is 4.74 Å². The molecule has 29 heavy (non-hydrogen) atoms. The van der Waals surface area contributed by atoms with Gasteiger partial charge in [0.05, 0.1) is 0 Å². The molecule has 2 aromatic rings. The van der Waals surface area contributed by atoms with Gasteiger partial charge in [0.15, 0.2) is 6.61 Å². The summed E-state index contributed by atoms with van der Waals surface area (Å²) in [4.78, 5) is 0. The molecule has 1 atom stereocenters. The fraction of sp³-hybridized carbons (Fsp3) is 0.520. The Morgan fingerprint density at radius 1 is 1.10 bits per heavy atom. The number of rotatable bonds is 6. The molecule has 0 unspecified atom stereocenters. The van der Waals surface area contributed by atoms with Crippen molar-refractivity contribution in [1.82, 2.24) is 0 Å². The van der Waals surface area contributed by atoms with E-state index in [0.29, 0.717) is 11.8 Å². The highest BCUT2D eigenvalue weighted by atomic mass is 19.4. The van der Waals surface area contributed by atoms with Gasteiger partial charge in [0.1, 0.15) is 5.75 Å². The molecule has 3 rings (SSSR count). The molecule has 0 amide bonds. The summed E-state index contributed by atoms with van der Waals surface area (Å²) in [5, 5.41) is 0. The first kappa shape index (κ1) is 21.7. The summed E-state index contributed by atoms with van der Waals surface area (Å²) >= 11 is 0. The van der Waals surface area contributed by atoms with E-state index >= 15 is 0 Å². The lowest BCUT2D eigenvalue weighted by Gasteiger charge is -2.30. The van der Waals surface area contributed by atoms with Gasteiger partial charge in [-0.1, -0.05) is 64.4 Å². The highest BCUT2D eigenvalue weighted by Crippen LogP contribution is 2.51. The Morgan fingerprint density at radius 3 is 2.48 bits per heavy atom. The summed E-state index contributed by atoms with van der Waals surface area (Å²) in [6.45, 7) is 7.81. The van der Waals surface area contributed by atoms with Crippen LogP contribution < -0.4 is 4.74 Å². The van der Waals surface area contributed by atoms with Crippen LogP contribution in [0, 0.1) is 11.3 Å². The Morgan fingerprint density at radius 2 is 1.86 bits per heavy atom. The van der Waals surface area contributed by atoms with Crippen molar-refractivity contribution in [3.63, 3.8) is 0 Å². The topological polar surface area (TPSA) is 9.23 Å². The molecule has 0 heterocycles. The van der Waals surface area contributed by atoms with Gasteiger partial charge in [-0.15, -0.1) is 0 Å². The lowest BCUT2D eigenvalue weighted by molar-refractivity contribution is -0.153. The van der Waals surface area contributed by atoms with Gasteiger partial charge < -0.3 is 4.74 Å². The number of hydrogen-bond donors (Lipinski definition) is 0. The summed E-state index contributed by atoms with van der Waals surface area (Å²) in [6.07, 6.45) is 0.235. The molecule has 0 spiro atoms. The SMILES string of the molecule is CC(C)Cc1ccc(-c2cccc(OCC(F)(F)F)c2)c([C@H]2CCCC2(C)C)c1. The number of benzene rings is 2. The molecule has 4 heteroatoms. The van der Waals surface area contributed by atoms with E-state index in [1.807, 2.05) is 6.07 Å². The van der Waals surface area contributed by atoms with Crippen LogP contribution in [0.15, 0.2) is 42.5 Å². The molecule has 1 fully saturated rings. The zero-order valence-electron chi connectivity index (χ0n) is 17.8. The largest absolute Gasteiger partial charge is 0.484 e. The summed E-state index contributed by atoms with van der Waals surface area (Å²) in [6, 6.07) is 13.7. The molecule has 0 bridgehead atoms. The van der Waals surface area contributed by atoms with Crippen molar-refractivity contribution in [3.8, 4) is 16.9 Å². The van der Waals surface area contributed by atoms with E-state index in [0.717, 1.165) is 24.0 Å². The maximum atomic E-state index is 12.5. The van der Waals surface area contributed by atoms with Gasteiger partial charge >= 0.3 is 6.18 Å². The fourth-order valence-electron chi connectivity index (χ4n) is 4.58. The Bertz CT molecular complexity index is 836. The van der Waals surface area contributed by atoms with Crippen molar-refractivity contribution >= 4 is 0 Å². The molecular weight excluding hydrogens is 373 g/mol. The molecule has 1 saturated carbocycles. The average Bonchev–Trinajstić information content (AvgIpc) is 2.98. The fourth-order valence-corrected chi connectivity index (χ4v) is 4.58. The van der Waals surface area contributed by atoms with Gasteiger partial charge in [-0.05, 0) is 70.9 Å². The first-order chi connectivity index (χ1) is 13.5. The van der Waals surface area contributed by atoms with Crippen LogP contribution in [0.1, 0.15) is 64.0 Å². The van der Waals surface area contributed by atoms with Crippen LogP contribution in [0.3, 0.4) is 0 Å². The van der Waals surface area contributed by atoms with Gasteiger partial charge in [0, 0.05) is 0 Å². The Balaban J connectivity index is 2.00. The minimum atomic E-state index is -4.34. The monoisotopic (exact) mass is 404 g/mol. The minimum absolute atomic E-state index is 0.218. The van der Waals surface area contributed by atoms with Gasteiger partial charge in [-0.2, -0.15) is 13.2 Å². The molecule has 158 valence electrons. The third kappa shape index (κ3) is 5.55. The lowest BCUT2D eigenvalue weighted by atomic mass is 9.75. The Hall–Kier alpha value is -1.97. The Labute approximate surface area is 172 Å². The van der Waals surface area contributed by atoms with Crippen LogP contribution in [0.5, 0.6) is 5.75 Å². The number of hydrogen-bond acceptors (Lipinski definition) is 1. The van der Waals surface area contributed by atoms with Crippen molar-refractivity contribution in [3.05, 3.63) is 53.6 Å². The molecule has 0 saturated heterocycles. The van der Waals surface area contributed by atoms with Crippen molar-refractivity contribution in [2.24, 2.45) is 11.3 Å². The second kappa shape index (κ2) is 8.41. The highest BCUT2D eigenvalue weighted by molar-refractivity contribution is 5.70. The van der Waals surface area contributed by atoms with Crippen molar-refractivity contribution in [2.75, 3.05) is 6.61 Å². The average molecular weight is 405 g/mol. The van der Waals surface area contributed by atoms with E-state index < -0.39 is 12.8 Å². The van der Waals surface area contributed by atoms with Crippen LogP contribution in [0.4, 0.5) is 13.2 Å². The van der Waals surface area contributed by atoms with Crippen molar-refractivity contribution < 1.29 is 17.9 Å². The van der Waals surface area contributed by atoms with Crippen LogP contribution in [0.25, 0.3) is 11.1 Å². The molecule has 0 radical (unpaired) electrons. The second-order valence-electron chi connectivity index (χ2n) is 9.38. The third-order valence-corrected chi connectivity index (χ3v) is 5.94. The third-order valence-electron chi connectivity index (χ3n) is 5.94. The van der Waals surface area contributed by atoms with Crippen LogP contribution in [0.2, 0.25) is 0 Å². The quantitative estimate of drug-likeness (QED) is 0.477. The molecule has 1 aliphatic carbocycles. The van der Waals surface area contributed by atoms with Gasteiger partial charge in [0.2, 0.25) is 0 Å². The lowest BCUT2D eigenvalue weighted by Crippen LogP contribution is -2.19. The Kier molecular flexibility index (Phi) is 6.30. The summed E-state index contributed by atoms with van der Waals surface area (Å²) in [5.74, 6) is 1.27. The van der Waals surface area contributed by atoms with Crippen LogP contribution in [-0.4, -0.2) is 12.8 Å². The maximum absolute atomic E-state index is 12.5. The van der Waals surface area contributed by atoms with Gasteiger partial charge in [0.25, 0.3) is 0 Å². The summed E-state index contributed by atoms with van der Waals surface area (Å²) in [5.41, 5.74) is 4.88. The molecule has 0 aromatic heterocycles. The van der Waals surface area contributed by atoms with Gasteiger partial charge in [-0.3, -0.25) is 0 Å². The van der Waals surface area contributed by atoms with E-state index in [1.165, 1.54) is 24.0 Å². The molecular formula is C25H31F3O. The highest BCUT2D eigenvalue weighted by Gasteiger charge is 2.36. The molecule has 1 nitrogen and oxygen atoms in total. The van der Waals surface area contributed by atoms with Crippen molar-refractivity contribution in [2.45, 2.75) is 65.5 Å². The molecule has 0 aliphatic heterocycles. The molecule has 0 N–H and O–H groups in total. The number of halogens is 3. The maximum Gasteiger partial charge on any atom is 0.422 e. The van der Waals surface area contributed by atoms with E-state index in [1.54, 1.807) is 18.2 Å². The normalized spacial score (nSPS) is 19.0. The molecule has 2 aromatic carbocycles. The zero-order chi connectivity index (χ0) is 21.2. The minimum Gasteiger partial charge on any atom is -0.484 e. The summed E-state index contributed by atoms with van der Waals surface area (Å²) in [7, 11) is 0. The molecule has 1 aliphatic rings. The van der Waals surface area contributed by atoms with E-state index in [-0.39, 0.29) is 11.2 Å². The van der Waals surface area contributed by atoms with Crippen molar-refractivity contribution in [1.29, 1.82) is 0 Å². The van der Waals surface area contributed by atoms with Crippen LogP contribution in [-0.2, 0) is 6.42 Å².